The molecule has 2 N–H and O–H groups in total. The van der Waals surface area contributed by atoms with Gasteiger partial charge in [0.05, 0.1) is 18.5 Å². The number of halogens is 1. The molecule has 1 heterocycles. The summed E-state index contributed by atoms with van der Waals surface area (Å²) in [4.78, 5) is 4.42. The monoisotopic (exact) mass is 385 g/mol. The van der Waals surface area contributed by atoms with Crippen LogP contribution in [0.2, 0.25) is 0 Å². The molecule has 0 amide bonds. The minimum Gasteiger partial charge on any atom is -0.492 e. The van der Waals surface area contributed by atoms with Gasteiger partial charge in [0.15, 0.2) is 5.82 Å². The maximum atomic E-state index is 5.60. The fourth-order valence-electron chi connectivity index (χ4n) is 2.07. The first kappa shape index (κ1) is 16.2. The van der Waals surface area contributed by atoms with E-state index >= 15 is 0 Å². The minimum atomic E-state index is 0.413. The van der Waals surface area contributed by atoms with Crippen molar-refractivity contribution in [3.8, 4) is 5.75 Å². The van der Waals surface area contributed by atoms with Crippen molar-refractivity contribution in [1.82, 2.24) is 15.2 Å². The normalized spacial score (nSPS) is 10.2. The lowest BCUT2D eigenvalue weighted by molar-refractivity contribution is 0.342. The third-order valence-electron chi connectivity index (χ3n) is 3.11. The molecular weight excluding hydrogens is 370 g/mol. The molecule has 0 bridgehead atoms. The Morgan fingerprint density at radius 1 is 1.04 bits per heavy atom. The van der Waals surface area contributed by atoms with Crippen LogP contribution in [0.5, 0.6) is 5.75 Å². The van der Waals surface area contributed by atoms with E-state index in [2.05, 4.69) is 41.7 Å². The van der Waals surface area contributed by atoms with Gasteiger partial charge in [-0.25, -0.2) is 0 Å². The summed E-state index contributed by atoms with van der Waals surface area (Å²) in [5.74, 6) is 1.76. The SMILES string of the molecule is CCOc1ccccc1Nc1cnnc(Nc2ccc(Br)cc2)n1. The summed E-state index contributed by atoms with van der Waals surface area (Å²) >= 11 is 3.41. The smallest absolute Gasteiger partial charge is 0.249 e. The van der Waals surface area contributed by atoms with Crippen LogP contribution in [0.1, 0.15) is 6.92 Å². The molecule has 0 fully saturated rings. The number of hydrogen-bond donors (Lipinski definition) is 2. The molecule has 2 aromatic carbocycles. The molecule has 3 aromatic rings. The second-order valence-electron chi connectivity index (χ2n) is 4.85. The van der Waals surface area contributed by atoms with Crippen LogP contribution in [0, 0.1) is 0 Å². The largest absolute Gasteiger partial charge is 0.492 e. The fraction of sp³-hybridized carbons (Fsp3) is 0.118. The number of rotatable bonds is 6. The van der Waals surface area contributed by atoms with Gasteiger partial charge < -0.3 is 15.4 Å². The van der Waals surface area contributed by atoms with Gasteiger partial charge in [0.2, 0.25) is 5.95 Å². The van der Waals surface area contributed by atoms with Crippen molar-refractivity contribution in [3.05, 3.63) is 59.2 Å². The van der Waals surface area contributed by atoms with E-state index in [0.717, 1.165) is 21.6 Å². The zero-order valence-corrected chi connectivity index (χ0v) is 14.6. The Hall–Kier alpha value is -2.67. The molecule has 0 aliphatic heterocycles. The van der Waals surface area contributed by atoms with Gasteiger partial charge in [0, 0.05) is 10.2 Å². The number of nitrogens with one attached hydrogen (secondary N) is 2. The lowest BCUT2D eigenvalue weighted by Gasteiger charge is -2.12. The summed E-state index contributed by atoms with van der Waals surface area (Å²) in [6.45, 7) is 2.54. The van der Waals surface area contributed by atoms with Gasteiger partial charge in [0.25, 0.3) is 0 Å². The predicted octanol–water partition coefficient (Wildman–Crippen LogP) is 4.52. The zero-order valence-electron chi connectivity index (χ0n) is 13.0. The van der Waals surface area contributed by atoms with Crippen molar-refractivity contribution in [2.75, 3.05) is 17.2 Å². The number of nitrogens with zero attached hydrogens (tertiary/aromatic N) is 3. The molecule has 122 valence electrons. The van der Waals surface area contributed by atoms with Crippen molar-refractivity contribution in [2.24, 2.45) is 0 Å². The van der Waals surface area contributed by atoms with Crippen LogP contribution >= 0.6 is 15.9 Å². The molecule has 0 unspecified atom stereocenters. The van der Waals surface area contributed by atoms with Crippen LogP contribution < -0.4 is 15.4 Å². The molecule has 0 saturated heterocycles. The van der Waals surface area contributed by atoms with Crippen LogP contribution in [0.3, 0.4) is 0 Å². The number of aromatic nitrogens is 3. The third kappa shape index (κ3) is 4.20. The Bertz CT molecular complexity index is 810. The zero-order chi connectivity index (χ0) is 16.8. The lowest BCUT2D eigenvalue weighted by Crippen LogP contribution is -2.03. The molecule has 7 heteroatoms. The van der Waals surface area contributed by atoms with E-state index in [9.17, 15) is 0 Å². The quantitative estimate of drug-likeness (QED) is 0.649. The van der Waals surface area contributed by atoms with Gasteiger partial charge in [-0.3, -0.25) is 0 Å². The van der Waals surface area contributed by atoms with E-state index in [1.165, 1.54) is 0 Å². The van der Waals surface area contributed by atoms with Crippen molar-refractivity contribution in [2.45, 2.75) is 6.92 Å². The maximum Gasteiger partial charge on any atom is 0.249 e. The van der Waals surface area contributed by atoms with E-state index in [0.29, 0.717) is 18.4 Å². The predicted molar refractivity (Wildman–Crippen MR) is 98.1 cm³/mol. The molecule has 24 heavy (non-hydrogen) atoms. The molecule has 6 nitrogen and oxygen atoms in total. The summed E-state index contributed by atoms with van der Waals surface area (Å²) in [7, 11) is 0. The van der Waals surface area contributed by atoms with Gasteiger partial charge >= 0.3 is 0 Å². The summed E-state index contributed by atoms with van der Waals surface area (Å²) in [5, 5.41) is 14.3. The standard InChI is InChI=1S/C17H16BrN5O/c1-2-24-15-6-4-3-5-14(15)21-16-11-19-23-17(22-16)20-13-9-7-12(18)8-10-13/h3-11H,2H2,1H3,(H2,20,21,22,23). The third-order valence-corrected chi connectivity index (χ3v) is 3.64. The van der Waals surface area contributed by atoms with Crippen molar-refractivity contribution >= 4 is 39.1 Å². The van der Waals surface area contributed by atoms with E-state index in [4.69, 9.17) is 4.74 Å². The fourth-order valence-corrected chi connectivity index (χ4v) is 2.33. The Morgan fingerprint density at radius 3 is 2.62 bits per heavy atom. The highest BCUT2D eigenvalue weighted by Gasteiger charge is 2.06. The number of para-hydroxylation sites is 2. The Kier molecular flexibility index (Phi) is 5.22. The lowest BCUT2D eigenvalue weighted by atomic mass is 10.3. The van der Waals surface area contributed by atoms with Crippen LogP contribution in [0.25, 0.3) is 0 Å². The average Bonchev–Trinajstić information content (AvgIpc) is 2.59. The first-order valence-corrected chi connectivity index (χ1v) is 8.25. The summed E-state index contributed by atoms with van der Waals surface area (Å²) < 4.78 is 6.61. The van der Waals surface area contributed by atoms with Gasteiger partial charge in [-0.15, -0.1) is 5.10 Å². The molecular formula is C17H16BrN5O. The summed E-state index contributed by atoms with van der Waals surface area (Å²) in [6.07, 6.45) is 1.56. The van der Waals surface area contributed by atoms with Gasteiger partial charge in [-0.1, -0.05) is 28.1 Å². The number of benzene rings is 2. The summed E-state index contributed by atoms with van der Waals surface area (Å²) in [5.41, 5.74) is 1.71. The molecule has 3 rings (SSSR count). The maximum absolute atomic E-state index is 5.60. The Labute approximate surface area is 148 Å². The first-order valence-electron chi connectivity index (χ1n) is 7.46. The Balaban J connectivity index is 1.77. The van der Waals surface area contributed by atoms with E-state index in [-0.39, 0.29) is 0 Å². The van der Waals surface area contributed by atoms with Crippen LogP contribution in [-0.4, -0.2) is 21.8 Å². The first-order chi connectivity index (χ1) is 11.7. The van der Waals surface area contributed by atoms with Gasteiger partial charge in [0.1, 0.15) is 5.75 Å². The highest BCUT2D eigenvalue weighted by Crippen LogP contribution is 2.26. The van der Waals surface area contributed by atoms with E-state index in [1.54, 1.807) is 6.20 Å². The molecule has 1 aromatic heterocycles. The minimum absolute atomic E-state index is 0.413. The van der Waals surface area contributed by atoms with Crippen molar-refractivity contribution in [3.63, 3.8) is 0 Å². The van der Waals surface area contributed by atoms with Crippen molar-refractivity contribution < 1.29 is 4.74 Å². The van der Waals surface area contributed by atoms with E-state index in [1.807, 2.05) is 55.5 Å². The van der Waals surface area contributed by atoms with Gasteiger partial charge in [-0.05, 0) is 43.3 Å². The highest BCUT2D eigenvalue weighted by molar-refractivity contribution is 9.10. The summed E-state index contributed by atoms with van der Waals surface area (Å²) in [6, 6.07) is 15.4. The van der Waals surface area contributed by atoms with E-state index < -0.39 is 0 Å². The number of anilines is 4. The number of ether oxygens (including phenoxy) is 1. The molecule has 0 atom stereocenters. The molecule has 0 radical (unpaired) electrons. The highest BCUT2D eigenvalue weighted by atomic mass is 79.9. The van der Waals surface area contributed by atoms with Crippen LogP contribution in [-0.2, 0) is 0 Å². The van der Waals surface area contributed by atoms with Crippen LogP contribution in [0.15, 0.2) is 59.2 Å². The van der Waals surface area contributed by atoms with Crippen LogP contribution in [0.4, 0.5) is 23.1 Å². The van der Waals surface area contributed by atoms with Gasteiger partial charge in [-0.2, -0.15) is 10.1 Å². The molecule has 0 spiro atoms. The van der Waals surface area contributed by atoms with Crippen molar-refractivity contribution in [1.29, 1.82) is 0 Å². The molecule has 0 aliphatic carbocycles. The topological polar surface area (TPSA) is 72.0 Å². The molecule has 0 saturated carbocycles. The molecule has 0 aliphatic rings. The second kappa shape index (κ2) is 7.74. The Morgan fingerprint density at radius 2 is 1.83 bits per heavy atom. The number of hydrogen-bond acceptors (Lipinski definition) is 6. The average molecular weight is 386 g/mol. The second-order valence-corrected chi connectivity index (χ2v) is 5.77.